The maximum absolute atomic E-state index is 12.3. The molecule has 0 aromatic heterocycles. The van der Waals surface area contributed by atoms with E-state index >= 15 is 0 Å². The standard InChI is InChI=1S/C14H7Br2IN2O/c15-9-2-3-12(17)10(6-9)14(20)19-13-4-1-8(7-18)5-11(13)16/h1-6H,(H,19,20). The smallest absolute Gasteiger partial charge is 0.256 e. The first-order chi connectivity index (χ1) is 9.51. The van der Waals surface area contributed by atoms with Crippen molar-refractivity contribution in [1.29, 1.82) is 5.26 Å². The Morgan fingerprint density at radius 3 is 2.60 bits per heavy atom. The van der Waals surface area contributed by atoms with E-state index in [2.05, 4.69) is 59.8 Å². The van der Waals surface area contributed by atoms with Crippen LogP contribution in [0.4, 0.5) is 5.69 Å². The van der Waals surface area contributed by atoms with Crippen LogP contribution in [0.5, 0.6) is 0 Å². The zero-order valence-corrected chi connectivity index (χ0v) is 15.3. The average molecular weight is 506 g/mol. The molecule has 0 aliphatic carbocycles. The molecule has 2 aromatic rings. The molecule has 6 heteroatoms. The van der Waals surface area contributed by atoms with Crippen LogP contribution in [0.3, 0.4) is 0 Å². The summed E-state index contributed by atoms with van der Waals surface area (Å²) >= 11 is 8.82. The zero-order chi connectivity index (χ0) is 14.7. The summed E-state index contributed by atoms with van der Waals surface area (Å²) in [6.45, 7) is 0. The Hall–Kier alpha value is -0.910. The van der Waals surface area contributed by atoms with Gasteiger partial charge in [-0.15, -0.1) is 0 Å². The predicted octanol–water partition coefficient (Wildman–Crippen LogP) is 4.94. The van der Waals surface area contributed by atoms with Gasteiger partial charge in [-0.2, -0.15) is 5.26 Å². The number of nitrogens with zero attached hydrogens (tertiary/aromatic N) is 1. The van der Waals surface area contributed by atoms with Crippen LogP contribution in [-0.4, -0.2) is 5.91 Å². The third-order valence-corrected chi connectivity index (χ3v) is 4.61. The molecule has 100 valence electrons. The molecule has 0 saturated carbocycles. The minimum absolute atomic E-state index is 0.193. The summed E-state index contributed by atoms with van der Waals surface area (Å²) in [5.41, 5.74) is 1.76. The molecule has 0 aliphatic heterocycles. The molecule has 1 amide bonds. The lowest BCUT2D eigenvalue weighted by molar-refractivity contribution is 0.102. The lowest BCUT2D eigenvalue weighted by Crippen LogP contribution is -2.13. The molecule has 0 heterocycles. The Morgan fingerprint density at radius 1 is 1.20 bits per heavy atom. The summed E-state index contributed by atoms with van der Waals surface area (Å²) in [6.07, 6.45) is 0. The van der Waals surface area contributed by atoms with Crippen LogP contribution < -0.4 is 5.32 Å². The second-order valence-electron chi connectivity index (χ2n) is 3.88. The lowest BCUT2D eigenvalue weighted by Gasteiger charge is -2.09. The number of hydrogen-bond acceptors (Lipinski definition) is 2. The fraction of sp³-hybridized carbons (Fsp3) is 0. The summed E-state index contributed by atoms with van der Waals surface area (Å²) in [7, 11) is 0. The minimum Gasteiger partial charge on any atom is -0.321 e. The number of amides is 1. The molecule has 1 N–H and O–H groups in total. The van der Waals surface area contributed by atoms with Crippen molar-refractivity contribution in [3.63, 3.8) is 0 Å². The van der Waals surface area contributed by atoms with Gasteiger partial charge < -0.3 is 5.32 Å². The van der Waals surface area contributed by atoms with E-state index in [0.717, 1.165) is 8.04 Å². The minimum atomic E-state index is -0.193. The highest BCUT2D eigenvalue weighted by molar-refractivity contribution is 14.1. The molecular formula is C14H7Br2IN2O. The molecule has 0 atom stereocenters. The Morgan fingerprint density at radius 2 is 1.95 bits per heavy atom. The molecular weight excluding hydrogens is 499 g/mol. The largest absolute Gasteiger partial charge is 0.321 e. The molecule has 0 fully saturated rings. The average Bonchev–Trinajstić information content (AvgIpc) is 2.43. The molecule has 2 rings (SSSR count). The fourth-order valence-electron chi connectivity index (χ4n) is 1.55. The Bertz CT molecular complexity index is 726. The van der Waals surface area contributed by atoms with Gasteiger partial charge in [-0.05, 0) is 74.9 Å². The first-order valence-corrected chi connectivity index (χ1v) is 8.14. The maximum atomic E-state index is 12.3. The highest BCUT2D eigenvalue weighted by atomic mass is 127. The third kappa shape index (κ3) is 3.59. The third-order valence-electron chi connectivity index (χ3n) is 2.52. The lowest BCUT2D eigenvalue weighted by atomic mass is 10.2. The summed E-state index contributed by atoms with van der Waals surface area (Å²) in [5, 5.41) is 11.6. The van der Waals surface area contributed by atoms with Gasteiger partial charge in [0.2, 0.25) is 0 Å². The van der Waals surface area contributed by atoms with Gasteiger partial charge in [0.05, 0.1) is 22.9 Å². The molecule has 0 aliphatic rings. The van der Waals surface area contributed by atoms with Gasteiger partial charge in [-0.1, -0.05) is 15.9 Å². The molecule has 2 aromatic carbocycles. The van der Waals surface area contributed by atoms with Gasteiger partial charge in [-0.25, -0.2) is 0 Å². The molecule has 0 saturated heterocycles. The van der Waals surface area contributed by atoms with Crippen molar-refractivity contribution in [2.45, 2.75) is 0 Å². The molecule has 0 unspecified atom stereocenters. The SMILES string of the molecule is N#Cc1ccc(NC(=O)c2cc(Br)ccc2I)c(Br)c1. The Labute approximate surface area is 146 Å². The number of benzene rings is 2. The highest BCUT2D eigenvalue weighted by Gasteiger charge is 2.12. The van der Waals surface area contributed by atoms with Crippen LogP contribution in [0.1, 0.15) is 15.9 Å². The number of hydrogen-bond donors (Lipinski definition) is 1. The van der Waals surface area contributed by atoms with Gasteiger partial charge >= 0.3 is 0 Å². The summed E-state index contributed by atoms with van der Waals surface area (Å²) in [6, 6.07) is 12.6. The molecule has 0 spiro atoms. The molecule has 20 heavy (non-hydrogen) atoms. The van der Waals surface area contributed by atoms with Crippen molar-refractivity contribution in [3.05, 3.63) is 60.0 Å². The van der Waals surface area contributed by atoms with Crippen molar-refractivity contribution in [3.8, 4) is 6.07 Å². The van der Waals surface area contributed by atoms with Crippen LogP contribution in [0, 0.1) is 14.9 Å². The summed E-state index contributed by atoms with van der Waals surface area (Å²) in [4.78, 5) is 12.3. The number of anilines is 1. The van der Waals surface area contributed by atoms with E-state index in [1.54, 1.807) is 24.3 Å². The molecule has 0 radical (unpaired) electrons. The Balaban J connectivity index is 2.28. The van der Waals surface area contributed by atoms with Crippen molar-refractivity contribution in [2.24, 2.45) is 0 Å². The van der Waals surface area contributed by atoms with Crippen LogP contribution in [0.2, 0.25) is 0 Å². The van der Waals surface area contributed by atoms with Gasteiger partial charge in [0, 0.05) is 12.5 Å². The van der Waals surface area contributed by atoms with E-state index in [1.807, 2.05) is 18.2 Å². The highest BCUT2D eigenvalue weighted by Crippen LogP contribution is 2.25. The number of carbonyl (C=O) groups is 1. The fourth-order valence-corrected chi connectivity index (χ4v) is 2.97. The first kappa shape index (κ1) is 15.5. The second-order valence-corrected chi connectivity index (χ2v) is 6.82. The first-order valence-electron chi connectivity index (χ1n) is 5.47. The van der Waals surface area contributed by atoms with E-state index in [9.17, 15) is 4.79 Å². The van der Waals surface area contributed by atoms with Crippen molar-refractivity contribution >= 4 is 66.0 Å². The normalized spacial score (nSPS) is 9.90. The second kappa shape index (κ2) is 6.70. The number of carbonyl (C=O) groups excluding carboxylic acids is 1. The van der Waals surface area contributed by atoms with E-state index in [4.69, 9.17) is 5.26 Å². The van der Waals surface area contributed by atoms with Gasteiger partial charge in [-0.3, -0.25) is 4.79 Å². The quantitative estimate of drug-likeness (QED) is 0.588. The number of rotatable bonds is 2. The zero-order valence-electron chi connectivity index (χ0n) is 9.95. The van der Waals surface area contributed by atoms with E-state index < -0.39 is 0 Å². The van der Waals surface area contributed by atoms with Crippen LogP contribution in [-0.2, 0) is 0 Å². The van der Waals surface area contributed by atoms with Crippen LogP contribution in [0.25, 0.3) is 0 Å². The maximum Gasteiger partial charge on any atom is 0.256 e. The monoisotopic (exact) mass is 504 g/mol. The summed E-state index contributed by atoms with van der Waals surface area (Å²) in [5.74, 6) is -0.193. The number of nitrogens with one attached hydrogen (secondary N) is 1. The van der Waals surface area contributed by atoms with Crippen molar-refractivity contribution < 1.29 is 4.79 Å². The predicted molar refractivity (Wildman–Crippen MR) is 93.7 cm³/mol. The van der Waals surface area contributed by atoms with Gasteiger partial charge in [0.1, 0.15) is 0 Å². The molecule has 3 nitrogen and oxygen atoms in total. The van der Waals surface area contributed by atoms with E-state index in [-0.39, 0.29) is 5.91 Å². The Kier molecular flexibility index (Phi) is 5.18. The topological polar surface area (TPSA) is 52.9 Å². The van der Waals surface area contributed by atoms with Crippen molar-refractivity contribution in [1.82, 2.24) is 0 Å². The number of nitriles is 1. The van der Waals surface area contributed by atoms with Crippen molar-refractivity contribution in [2.75, 3.05) is 5.32 Å². The number of halogens is 3. The molecule has 0 bridgehead atoms. The van der Waals surface area contributed by atoms with Crippen LogP contribution >= 0.6 is 54.5 Å². The van der Waals surface area contributed by atoms with E-state index in [1.165, 1.54) is 0 Å². The van der Waals surface area contributed by atoms with E-state index in [0.29, 0.717) is 21.3 Å². The van der Waals surface area contributed by atoms with Gasteiger partial charge in [0.15, 0.2) is 0 Å². The summed E-state index contributed by atoms with van der Waals surface area (Å²) < 4.78 is 2.39. The van der Waals surface area contributed by atoms with Crippen LogP contribution in [0.15, 0.2) is 45.3 Å². The van der Waals surface area contributed by atoms with Gasteiger partial charge in [0.25, 0.3) is 5.91 Å².